The van der Waals surface area contributed by atoms with E-state index in [-0.39, 0.29) is 17.7 Å². The summed E-state index contributed by atoms with van der Waals surface area (Å²) in [4.78, 5) is 32.6. The number of methoxy groups -OCH3 is 2. The number of carbonyl (C=O) groups is 1. The Balaban J connectivity index is 1.41. The van der Waals surface area contributed by atoms with Crippen molar-refractivity contribution in [2.75, 3.05) is 20.8 Å². The molecule has 0 amide bonds. The molecule has 0 saturated heterocycles. The number of esters is 1. The van der Waals surface area contributed by atoms with Crippen molar-refractivity contribution < 1.29 is 23.7 Å². The van der Waals surface area contributed by atoms with Crippen molar-refractivity contribution in [1.82, 2.24) is 4.57 Å². The second kappa shape index (κ2) is 13.4. The number of ether oxygens (including phenoxy) is 4. The largest absolute Gasteiger partial charge is 0.493 e. The molecule has 0 aliphatic carbocycles. The topological polar surface area (TPSA) is 88.4 Å². The van der Waals surface area contributed by atoms with E-state index in [0.717, 1.165) is 21.9 Å². The van der Waals surface area contributed by atoms with Gasteiger partial charge in [0.2, 0.25) is 0 Å². The molecule has 234 valence electrons. The minimum atomic E-state index is -0.818. The zero-order valence-corrected chi connectivity index (χ0v) is 28.1. The summed E-state index contributed by atoms with van der Waals surface area (Å²) in [7, 11) is 3.08. The summed E-state index contributed by atoms with van der Waals surface area (Å²) >= 11 is 4.89. The van der Waals surface area contributed by atoms with Crippen LogP contribution in [0, 0.1) is 0 Å². The van der Waals surface area contributed by atoms with E-state index in [9.17, 15) is 9.59 Å². The number of thiazole rings is 1. The van der Waals surface area contributed by atoms with Gasteiger partial charge in [0.15, 0.2) is 16.3 Å². The molecule has 46 heavy (non-hydrogen) atoms. The first-order chi connectivity index (χ1) is 22.3. The number of benzene rings is 4. The first-order valence-corrected chi connectivity index (χ1v) is 16.2. The van der Waals surface area contributed by atoms with Crippen molar-refractivity contribution >= 4 is 50.1 Å². The van der Waals surface area contributed by atoms with Gasteiger partial charge in [-0.15, -0.1) is 0 Å². The monoisotopic (exact) mass is 698 g/mol. The van der Waals surface area contributed by atoms with Crippen LogP contribution in [0.15, 0.2) is 104 Å². The first-order valence-electron chi connectivity index (χ1n) is 14.6. The van der Waals surface area contributed by atoms with E-state index in [4.69, 9.17) is 18.9 Å². The molecule has 0 bridgehead atoms. The average molecular weight is 700 g/mol. The summed E-state index contributed by atoms with van der Waals surface area (Å²) in [5.74, 6) is 1.11. The highest BCUT2D eigenvalue weighted by molar-refractivity contribution is 9.10. The molecule has 4 aromatic carbocycles. The van der Waals surface area contributed by atoms with Gasteiger partial charge in [0.25, 0.3) is 5.56 Å². The third-order valence-electron chi connectivity index (χ3n) is 7.74. The molecule has 2 heterocycles. The Bertz CT molecular complexity index is 2180. The molecule has 1 aliphatic heterocycles. The van der Waals surface area contributed by atoms with Gasteiger partial charge in [-0.05, 0) is 71.7 Å². The van der Waals surface area contributed by atoms with Gasteiger partial charge < -0.3 is 18.9 Å². The van der Waals surface area contributed by atoms with Crippen molar-refractivity contribution in [3.63, 3.8) is 0 Å². The summed E-state index contributed by atoms with van der Waals surface area (Å²) < 4.78 is 25.3. The van der Waals surface area contributed by atoms with Crippen molar-refractivity contribution in [3.05, 3.63) is 131 Å². The molecule has 6 rings (SSSR count). The summed E-state index contributed by atoms with van der Waals surface area (Å²) in [5, 5.41) is 2.31. The van der Waals surface area contributed by atoms with Gasteiger partial charge in [0, 0.05) is 4.47 Å². The van der Waals surface area contributed by atoms with Crippen molar-refractivity contribution in [2.24, 2.45) is 4.99 Å². The van der Waals surface area contributed by atoms with Crippen LogP contribution < -0.4 is 29.1 Å². The van der Waals surface area contributed by atoms with Crippen LogP contribution in [0.2, 0.25) is 0 Å². The number of halogens is 1. The maximum Gasteiger partial charge on any atom is 0.338 e. The van der Waals surface area contributed by atoms with Gasteiger partial charge in [-0.1, -0.05) is 81.9 Å². The Morgan fingerprint density at radius 1 is 1.00 bits per heavy atom. The third kappa shape index (κ3) is 5.98. The van der Waals surface area contributed by atoms with Crippen LogP contribution in [-0.2, 0) is 16.1 Å². The number of allylic oxidation sites excluding steroid dienone is 1. The SMILES string of the molecule is CCOC(=O)C1=C(C)N=c2s/c(=C\c3cccc(OCc4cccc5ccccc45)c3)c(=O)n2[C@H]1c1cc(OC)c(OC)cc1Br. The van der Waals surface area contributed by atoms with Crippen LogP contribution in [0.5, 0.6) is 17.2 Å². The van der Waals surface area contributed by atoms with Crippen LogP contribution in [0.1, 0.15) is 36.6 Å². The van der Waals surface area contributed by atoms with Crippen LogP contribution in [0.4, 0.5) is 0 Å². The van der Waals surface area contributed by atoms with Crippen LogP contribution >= 0.6 is 27.3 Å². The highest BCUT2D eigenvalue weighted by Crippen LogP contribution is 2.40. The quantitative estimate of drug-likeness (QED) is 0.168. The number of rotatable bonds is 9. The molecule has 0 fully saturated rings. The molecule has 8 nitrogen and oxygen atoms in total. The van der Waals surface area contributed by atoms with Crippen molar-refractivity contribution in [1.29, 1.82) is 0 Å². The highest BCUT2D eigenvalue weighted by atomic mass is 79.9. The average Bonchev–Trinajstić information content (AvgIpc) is 3.36. The first kappa shape index (κ1) is 31.3. The van der Waals surface area contributed by atoms with E-state index in [1.807, 2.05) is 48.5 Å². The molecule has 1 aliphatic rings. The van der Waals surface area contributed by atoms with Gasteiger partial charge in [0.1, 0.15) is 12.4 Å². The molecular formula is C36H31BrN2O6S. The zero-order chi connectivity index (χ0) is 32.4. The Morgan fingerprint density at radius 3 is 2.52 bits per heavy atom. The molecule has 0 saturated carbocycles. The number of aromatic nitrogens is 1. The van der Waals surface area contributed by atoms with E-state index in [1.165, 1.54) is 18.4 Å². The molecule has 0 spiro atoms. The molecule has 5 aromatic rings. The lowest BCUT2D eigenvalue weighted by Crippen LogP contribution is -2.40. The van der Waals surface area contributed by atoms with Gasteiger partial charge in [0.05, 0.1) is 42.7 Å². The second-order valence-electron chi connectivity index (χ2n) is 10.5. The summed E-state index contributed by atoms with van der Waals surface area (Å²) in [6.45, 7) is 4.08. The lowest BCUT2D eigenvalue weighted by molar-refractivity contribution is -0.139. The van der Waals surface area contributed by atoms with Crippen LogP contribution in [-0.4, -0.2) is 31.4 Å². The third-order valence-corrected chi connectivity index (χ3v) is 9.41. The lowest BCUT2D eigenvalue weighted by atomic mass is 9.95. The number of carbonyl (C=O) groups excluding carboxylic acids is 1. The Hall–Kier alpha value is -4.67. The molecule has 0 unspecified atom stereocenters. The van der Waals surface area contributed by atoms with E-state index < -0.39 is 12.0 Å². The number of hydrogen-bond acceptors (Lipinski definition) is 8. The second-order valence-corrected chi connectivity index (χ2v) is 12.4. The smallest absolute Gasteiger partial charge is 0.338 e. The van der Waals surface area contributed by atoms with E-state index in [0.29, 0.717) is 48.9 Å². The van der Waals surface area contributed by atoms with E-state index in [1.54, 1.807) is 37.7 Å². The summed E-state index contributed by atoms with van der Waals surface area (Å²) in [6, 6.07) is 24.7. The summed E-state index contributed by atoms with van der Waals surface area (Å²) in [5.41, 5.74) is 2.98. The number of hydrogen-bond donors (Lipinski definition) is 0. The maximum atomic E-state index is 14.1. The summed E-state index contributed by atoms with van der Waals surface area (Å²) in [6.07, 6.45) is 1.82. The van der Waals surface area contributed by atoms with E-state index in [2.05, 4.69) is 45.2 Å². The number of nitrogens with zero attached hydrogens (tertiary/aromatic N) is 2. The molecule has 1 aromatic heterocycles. The lowest BCUT2D eigenvalue weighted by Gasteiger charge is -2.26. The molecule has 0 N–H and O–H groups in total. The predicted octanol–water partition coefficient (Wildman–Crippen LogP) is 6.31. The van der Waals surface area contributed by atoms with Gasteiger partial charge >= 0.3 is 5.97 Å². The fraction of sp³-hybridized carbons (Fsp3) is 0.194. The Morgan fingerprint density at radius 2 is 1.74 bits per heavy atom. The molecule has 1 atom stereocenters. The van der Waals surface area contributed by atoms with E-state index >= 15 is 0 Å². The molecule has 0 radical (unpaired) electrons. The van der Waals surface area contributed by atoms with Gasteiger partial charge in [-0.25, -0.2) is 9.79 Å². The highest BCUT2D eigenvalue weighted by Gasteiger charge is 2.35. The maximum absolute atomic E-state index is 14.1. The van der Waals surface area contributed by atoms with Crippen molar-refractivity contribution in [2.45, 2.75) is 26.5 Å². The molecular weight excluding hydrogens is 668 g/mol. The fourth-order valence-electron chi connectivity index (χ4n) is 5.59. The fourth-order valence-corrected chi connectivity index (χ4v) is 7.18. The Kier molecular flexibility index (Phi) is 9.10. The van der Waals surface area contributed by atoms with Gasteiger partial charge in [-0.2, -0.15) is 0 Å². The van der Waals surface area contributed by atoms with Crippen molar-refractivity contribution in [3.8, 4) is 17.2 Å². The Labute approximate surface area is 278 Å². The standard InChI is InChI=1S/C36H31BrN2O6S/c1-5-44-35(41)32-21(2)38-36-39(33(32)27-18-29(42-3)30(43-4)19-28(27)37)34(40)31(46-36)17-22-10-8-14-25(16-22)45-20-24-13-9-12-23-11-6-7-15-26(23)24/h6-19,33H,5,20H2,1-4H3/b31-17-/t33-/m0/s1. The zero-order valence-electron chi connectivity index (χ0n) is 25.7. The molecule has 10 heteroatoms. The minimum Gasteiger partial charge on any atom is -0.493 e. The van der Waals surface area contributed by atoms with Crippen LogP contribution in [0.3, 0.4) is 0 Å². The minimum absolute atomic E-state index is 0.179. The normalized spacial score (nSPS) is 14.5. The van der Waals surface area contributed by atoms with Gasteiger partial charge in [-0.3, -0.25) is 9.36 Å². The predicted molar refractivity (Wildman–Crippen MR) is 182 cm³/mol. The number of fused-ring (bicyclic) bond motifs is 2. The van der Waals surface area contributed by atoms with Crippen LogP contribution in [0.25, 0.3) is 16.8 Å².